The van der Waals surface area contributed by atoms with Gasteiger partial charge in [-0.15, -0.1) is 11.3 Å². The second-order valence-corrected chi connectivity index (χ2v) is 6.03. The summed E-state index contributed by atoms with van der Waals surface area (Å²) in [6, 6.07) is 11.3. The van der Waals surface area contributed by atoms with E-state index in [2.05, 4.69) is 6.92 Å². The van der Waals surface area contributed by atoms with Crippen LogP contribution in [0.1, 0.15) is 28.5 Å². The lowest BCUT2D eigenvalue weighted by Gasteiger charge is -2.03. The summed E-state index contributed by atoms with van der Waals surface area (Å²) >= 11 is 7.56. The van der Waals surface area contributed by atoms with E-state index >= 15 is 0 Å². The predicted molar refractivity (Wildman–Crippen MR) is 79.0 cm³/mol. The number of halogens is 1. The molecule has 0 fully saturated rings. The minimum absolute atomic E-state index is 0.557. The molecule has 2 aromatic heterocycles. The van der Waals surface area contributed by atoms with Crippen LogP contribution in [-0.2, 0) is 6.42 Å². The first-order chi connectivity index (χ1) is 9.17. The van der Waals surface area contributed by atoms with Crippen LogP contribution in [-0.4, -0.2) is 5.11 Å². The highest BCUT2D eigenvalue weighted by atomic mass is 35.5. The molecule has 0 bridgehead atoms. The van der Waals surface area contributed by atoms with Crippen molar-refractivity contribution < 1.29 is 9.52 Å². The molecule has 0 aliphatic rings. The standard InChI is InChI=1S/C15H13ClO2S/c1-2-11-4-6-14(19-11)15(17)13-8-9-7-10(16)3-5-12(9)18-13/h3-8,15,17H,2H2,1H3. The molecule has 0 spiro atoms. The van der Waals surface area contributed by atoms with Crippen molar-refractivity contribution in [1.29, 1.82) is 0 Å². The second-order valence-electron chi connectivity index (χ2n) is 4.39. The van der Waals surface area contributed by atoms with E-state index in [-0.39, 0.29) is 0 Å². The van der Waals surface area contributed by atoms with Crippen molar-refractivity contribution in [3.63, 3.8) is 0 Å². The molecule has 0 radical (unpaired) electrons. The molecule has 3 rings (SSSR count). The van der Waals surface area contributed by atoms with Gasteiger partial charge in [-0.1, -0.05) is 18.5 Å². The fourth-order valence-electron chi connectivity index (χ4n) is 2.04. The maximum Gasteiger partial charge on any atom is 0.146 e. The number of aliphatic hydroxyl groups is 1. The Morgan fingerprint density at radius 3 is 2.84 bits per heavy atom. The highest BCUT2D eigenvalue weighted by Crippen LogP contribution is 2.32. The first-order valence-electron chi connectivity index (χ1n) is 6.13. The number of rotatable bonds is 3. The Bertz CT molecular complexity index is 714. The molecular formula is C15H13ClO2S. The largest absolute Gasteiger partial charge is 0.458 e. The van der Waals surface area contributed by atoms with E-state index in [0.717, 1.165) is 22.3 Å². The molecule has 2 heterocycles. The van der Waals surface area contributed by atoms with Gasteiger partial charge in [0.1, 0.15) is 17.4 Å². The molecule has 4 heteroatoms. The van der Waals surface area contributed by atoms with Gasteiger partial charge in [0.25, 0.3) is 0 Å². The van der Waals surface area contributed by atoms with Gasteiger partial charge in [0.05, 0.1) is 0 Å². The van der Waals surface area contributed by atoms with Crippen molar-refractivity contribution in [3.05, 3.63) is 56.9 Å². The van der Waals surface area contributed by atoms with Gasteiger partial charge in [-0.25, -0.2) is 0 Å². The van der Waals surface area contributed by atoms with Gasteiger partial charge in [-0.05, 0) is 42.8 Å². The van der Waals surface area contributed by atoms with Gasteiger partial charge in [-0.2, -0.15) is 0 Å². The fraction of sp³-hybridized carbons (Fsp3) is 0.200. The van der Waals surface area contributed by atoms with Crippen LogP contribution in [0.3, 0.4) is 0 Å². The molecule has 19 heavy (non-hydrogen) atoms. The van der Waals surface area contributed by atoms with Crippen molar-refractivity contribution >= 4 is 33.9 Å². The van der Waals surface area contributed by atoms with Crippen LogP contribution in [0.25, 0.3) is 11.0 Å². The first-order valence-corrected chi connectivity index (χ1v) is 7.32. The van der Waals surface area contributed by atoms with Gasteiger partial charge in [0.15, 0.2) is 0 Å². The summed E-state index contributed by atoms with van der Waals surface area (Å²) in [5.74, 6) is 0.557. The third-order valence-electron chi connectivity index (χ3n) is 3.07. The quantitative estimate of drug-likeness (QED) is 0.753. The van der Waals surface area contributed by atoms with E-state index < -0.39 is 6.10 Å². The lowest BCUT2D eigenvalue weighted by molar-refractivity contribution is 0.196. The summed E-state index contributed by atoms with van der Waals surface area (Å²) in [4.78, 5) is 2.16. The molecular weight excluding hydrogens is 280 g/mol. The van der Waals surface area contributed by atoms with Gasteiger partial charge in [-0.3, -0.25) is 0 Å². The average Bonchev–Trinajstić information content (AvgIpc) is 3.03. The van der Waals surface area contributed by atoms with Crippen LogP contribution in [0.15, 0.2) is 40.8 Å². The lowest BCUT2D eigenvalue weighted by atomic mass is 10.2. The number of aryl methyl sites for hydroxylation is 1. The molecule has 2 nitrogen and oxygen atoms in total. The van der Waals surface area contributed by atoms with Crippen LogP contribution in [0.2, 0.25) is 5.02 Å². The SMILES string of the molecule is CCc1ccc(C(O)c2cc3cc(Cl)ccc3o2)s1. The smallest absolute Gasteiger partial charge is 0.146 e. The zero-order valence-electron chi connectivity index (χ0n) is 10.4. The van der Waals surface area contributed by atoms with Crippen molar-refractivity contribution in [2.45, 2.75) is 19.4 Å². The topological polar surface area (TPSA) is 33.4 Å². The minimum atomic E-state index is -0.712. The highest BCUT2D eigenvalue weighted by Gasteiger charge is 2.17. The van der Waals surface area contributed by atoms with Crippen molar-refractivity contribution in [2.24, 2.45) is 0 Å². The van der Waals surface area contributed by atoms with Gasteiger partial charge < -0.3 is 9.52 Å². The summed E-state index contributed by atoms with van der Waals surface area (Å²) in [6.07, 6.45) is 0.268. The first kappa shape index (κ1) is 12.7. The number of benzene rings is 1. The van der Waals surface area contributed by atoms with Gasteiger partial charge in [0, 0.05) is 20.2 Å². The van der Waals surface area contributed by atoms with E-state index in [1.54, 1.807) is 17.4 Å². The molecule has 1 aromatic carbocycles. The molecule has 0 saturated heterocycles. The maximum atomic E-state index is 10.4. The normalized spacial score (nSPS) is 13.0. The van der Waals surface area contributed by atoms with Crippen LogP contribution >= 0.6 is 22.9 Å². The Morgan fingerprint density at radius 2 is 2.11 bits per heavy atom. The predicted octanol–water partition coefficient (Wildman–Crippen LogP) is 4.79. The molecule has 1 atom stereocenters. The molecule has 0 saturated carbocycles. The molecule has 1 N–H and O–H groups in total. The van der Waals surface area contributed by atoms with Crippen molar-refractivity contribution in [2.75, 3.05) is 0 Å². The van der Waals surface area contributed by atoms with E-state index in [4.69, 9.17) is 16.0 Å². The summed E-state index contributed by atoms with van der Waals surface area (Å²) in [5, 5.41) is 11.9. The summed E-state index contributed by atoms with van der Waals surface area (Å²) < 4.78 is 5.68. The zero-order chi connectivity index (χ0) is 13.4. The summed E-state index contributed by atoms with van der Waals surface area (Å²) in [7, 11) is 0. The Kier molecular flexibility index (Phi) is 3.35. The molecule has 0 amide bonds. The summed E-state index contributed by atoms with van der Waals surface area (Å²) in [6.45, 7) is 2.10. The van der Waals surface area contributed by atoms with Crippen LogP contribution in [0.4, 0.5) is 0 Å². The number of hydrogen-bond acceptors (Lipinski definition) is 3. The van der Waals surface area contributed by atoms with Gasteiger partial charge >= 0.3 is 0 Å². The third-order valence-corrected chi connectivity index (χ3v) is 4.58. The molecule has 0 aliphatic heterocycles. The number of hydrogen-bond donors (Lipinski definition) is 1. The maximum absolute atomic E-state index is 10.4. The van der Waals surface area contributed by atoms with E-state index in [1.165, 1.54) is 4.88 Å². The van der Waals surface area contributed by atoms with Gasteiger partial charge in [0.2, 0.25) is 0 Å². The van der Waals surface area contributed by atoms with E-state index in [9.17, 15) is 5.11 Å². The Balaban J connectivity index is 1.98. The number of thiophene rings is 1. The van der Waals surface area contributed by atoms with Crippen molar-refractivity contribution in [1.82, 2.24) is 0 Å². The number of fused-ring (bicyclic) bond motifs is 1. The Morgan fingerprint density at radius 1 is 1.26 bits per heavy atom. The Hall–Kier alpha value is -1.29. The monoisotopic (exact) mass is 292 g/mol. The number of aliphatic hydroxyl groups excluding tert-OH is 1. The Labute approximate surface area is 120 Å². The van der Waals surface area contributed by atoms with E-state index in [0.29, 0.717) is 10.8 Å². The van der Waals surface area contributed by atoms with Crippen LogP contribution < -0.4 is 0 Å². The number of furan rings is 1. The van der Waals surface area contributed by atoms with Crippen LogP contribution in [0, 0.1) is 0 Å². The molecule has 3 aromatic rings. The lowest BCUT2D eigenvalue weighted by Crippen LogP contribution is -1.93. The van der Waals surface area contributed by atoms with Crippen molar-refractivity contribution in [3.8, 4) is 0 Å². The molecule has 0 aliphatic carbocycles. The third kappa shape index (κ3) is 2.41. The van der Waals surface area contributed by atoms with E-state index in [1.807, 2.05) is 30.3 Å². The zero-order valence-corrected chi connectivity index (χ0v) is 12.0. The highest BCUT2D eigenvalue weighted by molar-refractivity contribution is 7.12. The van der Waals surface area contributed by atoms with Crippen LogP contribution in [0.5, 0.6) is 0 Å². The second kappa shape index (κ2) is 5.00. The minimum Gasteiger partial charge on any atom is -0.458 e. The average molecular weight is 293 g/mol. The molecule has 98 valence electrons. The molecule has 1 unspecified atom stereocenters. The fourth-order valence-corrected chi connectivity index (χ4v) is 3.17. The summed E-state index contributed by atoms with van der Waals surface area (Å²) in [5.41, 5.74) is 0.741.